The van der Waals surface area contributed by atoms with E-state index in [4.69, 9.17) is 0 Å². The zero-order valence-electron chi connectivity index (χ0n) is 29.4. The van der Waals surface area contributed by atoms with Gasteiger partial charge in [-0.05, 0) is 91.5 Å². The van der Waals surface area contributed by atoms with Gasteiger partial charge in [0.25, 0.3) is 0 Å². The van der Waals surface area contributed by atoms with Gasteiger partial charge in [-0.1, -0.05) is 195 Å². The number of hydrogen-bond acceptors (Lipinski definition) is 0. The second-order valence-corrected chi connectivity index (χ2v) is 12.7. The van der Waals surface area contributed by atoms with Gasteiger partial charge in [-0.2, -0.15) is 0 Å². The smallest absolute Gasteiger partial charge is 0.0184 e. The molecule has 0 aliphatic heterocycles. The van der Waals surface area contributed by atoms with Crippen molar-refractivity contribution in [3.63, 3.8) is 0 Å². The molecule has 0 heterocycles. The Morgan fingerprint density at radius 2 is 0.511 bits per heavy atom. The van der Waals surface area contributed by atoms with Gasteiger partial charge in [0.15, 0.2) is 0 Å². The molecule has 0 radical (unpaired) electrons. The molecule has 47 heavy (non-hydrogen) atoms. The summed E-state index contributed by atoms with van der Waals surface area (Å²) in [6.07, 6.45) is 6.13. The van der Waals surface area contributed by atoms with E-state index in [-0.39, 0.29) is 0 Å². The summed E-state index contributed by atoms with van der Waals surface area (Å²) in [4.78, 5) is 0. The van der Waals surface area contributed by atoms with Crippen LogP contribution in [0.3, 0.4) is 0 Å². The molecular weight excluding hydrogens is 565 g/mol. The Labute approximate surface area is 285 Å². The quantitative estimate of drug-likeness (QED) is 0.160. The highest BCUT2D eigenvalue weighted by molar-refractivity contribution is 5.65. The van der Waals surface area contributed by atoms with Gasteiger partial charge in [0, 0.05) is 0 Å². The first-order chi connectivity index (χ1) is 22.8. The lowest BCUT2D eigenvalue weighted by molar-refractivity contribution is 0.795. The zero-order valence-corrected chi connectivity index (χ0v) is 29.4. The molecule has 0 amide bonds. The molecule has 6 rings (SSSR count). The van der Waals surface area contributed by atoms with Gasteiger partial charge >= 0.3 is 0 Å². The number of unbranched alkanes of at least 4 members (excludes halogenated alkanes) is 1. The van der Waals surface area contributed by atoms with Gasteiger partial charge in [-0.3, -0.25) is 0 Å². The fourth-order valence-electron chi connectivity index (χ4n) is 5.38. The minimum absolute atomic E-state index is 1.17. The molecule has 0 atom stereocenters. The van der Waals surface area contributed by atoms with Crippen LogP contribution in [0.25, 0.3) is 33.4 Å². The average Bonchev–Trinajstić information content (AvgIpc) is 3.10. The van der Waals surface area contributed by atoms with Crippen molar-refractivity contribution in [2.24, 2.45) is 0 Å². The summed E-state index contributed by atoms with van der Waals surface area (Å²) in [5.74, 6) is 0. The van der Waals surface area contributed by atoms with E-state index in [2.05, 4.69) is 187 Å². The average molecular weight is 617 g/mol. The van der Waals surface area contributed by atoms with Crippen LogP contribution < -0.4 is 0 Å². The Bertz CT molecular complexity index is 1680. The zero-order chi connectivity index (χ0) is 33.4. The highest BCUT2D eigenvalue weighted by Crippen LogP contribution is 2.22. The Morgan fingerprint density at radius 1 is 0.277 bits per heavy atom. The van der Waals surface area contributed by atoms with Gasteiger partial charge in [-0.25, -0.2) is 0 Å². The summed E-state index contributed by atoms with van der Waals surface area (Å²) in [5, 5.41) is 0. The van der Waals surface area contributed by atoms with Crippen LogP contribution in [0.5, 0.6) is 0 Å². The van der Waals surface area contributed by atoms with Crippen molar-refractivity contribution in [2.45, 2.75) is 73.6 Å². The van der Waals surface area contributed by atoms with E-state index in [1.165, 1.54) is 98.9 Å². The molecular formula is C47H52. The SMILES string of the molecule is CCCCc1ccc(-c2ccc(C)cc2)cc1.CCCc1ccc(-c2ccc(C)cc2)cc1.Cc1ccc(-c2ccc(C)cc2)cc1. The Hall–Kier alpha value is -4.68. The molecule has 0 unspecified atom stereocenters. The predicted octanol–water partition coefficient (Wildman–Crippen LogP) is 13.6. The molecule has 0 fully saturated rings. The van der Waals surface area contributed by atoms with Gasteiger partial charge in [-0.15, -0.1) is 0 Å². The third kappa shape index (κ3) is 11.6. The summed E-state index contributed by atoms with van der Waals surface area (Å²) < 4.78 is 0. The van der Waals surface area contributed by atoms with Gasteiger partial charge in [0.1, 0.15) is 0 Å². The maximum absolute atomic E-state index is 2.25. The first kappa shape index (κ1) is 35.2. The molecule has 0 aromatic heterocycles. The van der Waals surface area contributed by atoms with Gasteiger partial charge < -0.3 is 0 Å². The minimum Gasteiger partial charge on any atom is -0.0654 e. The maximum atomic E-state index is 2.25. The van der Waals surface area contributed by atoms with Crippen molar-refractivity contribution in [3.8, 4) is 33.4 Å². The molecule has 0 aliphatic rings. The number of benzene rings is 6. The number of aryl methyl sites for hydroxylation is 6. The van der Waals surface area contributed by atoms with E-state index < -0.39 is 0 Å². The van der Waals surface area contributed by atoms with Crippen LogP contribution in [0.1, 0.15) is 66.5 Å². The van der Waals surface area contributed by atoms with Crippen molar-refractivity contribution in [3.05, 3.63) is 179 Å². The minimum atomic E-state index is 1.17. The molecule has 0 aliphatic carbocycles. The number of rotatable bonds is 8. The van der Waals surface area contributed by atoms with Crippen LogP contribution in [0.15, 0.2) is 146 Å². The summed E-state index contributed by atoms with van der Waals surface area (Å²) in [5.41, 5.74) is 15.9. The molecule has 6 aromatic carbocycles. The van der Waals surface area contributed by atoms with E-state index in [1.807, 2.05) is 0 Å². The summed E-state index contributed by atoms with van der Waals surface area (Å²) >= 11 is 0. The first-order valence-corrected chi connectivity index (χ1v) is 17.3. The third-order valence-electron chi connectivity index (χ3n) is 8.47. The Balaban J connectivity index is 0.000000160. The molecule has 0 spiro atoms. The molecule has 240 valence electrons. The molecule has 0 bridgehead atoms. The molecule has 0 N–H and O–H groups in total. The van der Waals surface area contributed by atoms with Gasteiger partial charge in [0.2, 0.25) is 0 Å². The summed E-state index contributed by atoms with van der Waals surface area (Å²) in [6.45, 7) is 12.9. The second kappa shape index (κ2) is 18.5. The fourth-order valence-corrected chi connectivity index (χ4v) is 5.38. The van der Waals surface area contributed by atoms with Crippen molar-refractivity contribution in [2.75, 3.05) is 0 Å². The summed E-state index contributed by atoms with van der Waals surface area (Å²) in [6, 6.07) is 52.5. The number of hydrogen-bond donors (Lipinski definition) is 0. The van der Waals surface area contributed by atoms with Gasteiger partial charge in [0.05, 0.1) is 0 Å². The Kier molecular flexibility index (Phi) is 13.8. The molecule has 0 nitrogen and oxygen atoms in total. The lowest BCUT2D eigenvalue weighted by Gasteiger charge is -2.04. The lowest BCUT2D eigenvalue weighted by Crippen LogP contribution is -1.85. The van der Waals surface area contributed by atoms with Crippen LogP contribution in [-0.4, -0.2) is 0 Å². The van der Waals surface area contributed by atoms with Crippen molar-refractivity contribution < 1.29 is 0 Å². The topological polar surface area (TPSA) is 0 Å². The van der Waals surface area contributed by atoms with E-state index in [0.717, 1.165) is 0 Å². The molecule has 0 heteroatoms. The third-order valence-corrected chi connectivity index (χ3v) is 8.47. The second-order valence-electron chi connectivity index (χ2n) is 12.7. The summed E-state index contributed by atoms with van der Waals surface area (Å²) in [7, 11) is 0. The fraction of sp³-hybridized carbons (Fsp3) is 0.234. The van der Waals surface area contributed by atoms with Crippen molar-refractivity contribution >= 4 is 0 Å². The van der Waals surface area contributed by atoms with Crippen molar-refractivity contribution in [1.29, 1.82) is 0 Å². The van der Waals surface area contributed by atoms with Crippen molar-refractivity contribution in [1.82, 2.24) is 0 Å². The van der Waals surface area contributed by atoms with Crippen LogP contribution in [-0.2, 0) is 12.8 Å². The van der Waals surface area contributed by atoms with E-state index >= 15 is 0 Å². The standard InChI is InChI=1S/C17H20.C16H18.C14H14/c1-3-4-5-15-8-12-17(13-9-15)16-10-6-14(2)7-11-16;1-3-4-14-7-11-16(12-8-14)15-9-5-13(2)6-10-15;1-11-3-7-13(8-4-11)14-9-5-12(2)6-10-14/h6-13H,3-5H2,1-2H3;5-12H,3-4H2,1-2H3;3-10H,1-2H3. The van der Waals surface area contributed by atoms with Crippen LogP contribution in [0.2, 0.25) is 0 Å². The maximum Gasteiger partial charge on any atom is -0.0184 e. The predicted molar refractivity (Wildman–Crippen MR) is 207 cm³/mol. The highest BCUT2D eigenvalue weighted by Gasteiger charge is 1.99. The van der Waals surface area contributed by atoms with E-state index in [1.54, 1.807) is 0 Å². The highest BCUT2D eigenvalue weighted by atomic mass is 14.0. The van der Waals surface area contributed by atoms with Crippen LogP contribution in [0.4, 0.5) is 0 Å². The van der Waals surface area contributed by atoms with E-state index in [0.29, 0.717) is 0 Å². The van der Waals surface area contributed by atoms with Crippen LogP contribution >= 0.6 is 0 Å². The first-order valence-electron chi connectivity index (χ1n) is 17.3. The lowest BCUT2D eigenvalue weighted by atomic mass is 10.0. The van der Waals surface area contributed by atoms with Crippen LogP contribution in [0, 0.1) is 27.7 Å². The molecule has 6 aromatic rings. The molecule has 0 saturated heterocycles. The monoisotopic (exact) mass is 616 g/mol. The largest absolute Gasteiger partial charge is 0.0654 e. The molecule has 0 saturated carbocycles. The van der Waals surface area contributed by atoms with E-state index in [9.17, 15) is 0 Å². The normalized spacial score (nSPS) is 10.3. The Morgan fingerprint density at radius 3 is 0.745 bits per heavy atom.